The number of amides is 1. The molecule has 0 aromatic carbocycles. The molecule has 0 heterocycles. The van der Waals surface area contributed by atoms with E-state index < -0.39 is 7.82 Å². The van der Waals surface area contributed by atoms with Crippen molar-refractivity contribution in [3.05, 3.63) is 11.3 Å². The third kappa shape index (κ3) is 5.87. The monoisotopic (exact) mass is 299 g/mol. The normalized spacial score (nSPS) is 12.4. The summed E-state index contributed by atoms with van der Waals surface area (Å²) in [6, 6.07) is 0. The Labute approximate surface area is 112 Å². The third-order valence-electron chi connectivity index (χ3n) is 2.19. The fraction of sp³-hybridized carbons (Fsp3) is 0.700. The van der Waals surface area contributed by atoms with E-state index >= 15 is 0 Å². The maximum absolute atomic E-state index is 11.7. The number of hydrogen-bond acceptors (Lipinski definition) is 5. The number of phosphoric acid groups is 1. The number of nitrogens with zero attached hydrogens (tertiary/aromatic N) is 1. The summed E-state index contributed by atoms with van der Waals surface area (Å²) in [5, 5.41) is 0.126. The molecule has 1 amide bonds. The topological polar surface area (TPSA) is 65.1 Å². The van der Waals surface area contributed by atoms with Gasteiger partial charge in [-0.25, -0.2) is 4.57 Å². The lowest BCUT2D eigenvalue weighted by Crippen LogP contribution is -2.30. The number of phosphoric ester groups is 1. The SMILES string of the molecule is CCN(CC)C(=O)CC(Cl)=COP(=O)(OC)OC. The Hall–Kier alpha value is -0.550. The maximum Gasteiger partial charge on any atom is 0.528 e. The summed E-state index contributed by atoms with van der Waals surface area (Å²) in [5.41, 5.74) is 0. The van der Waals surface area contributed by atoms with E-state index in [9.17, 15) is 9.36 Å². The highest BCUT2D eigenvalue weighted by atomic mass is 35.5. The molecule has 0 radical (unpaired) electrons. The minimum absolute atomic E-state index is 0.0172. The molecular weight excluding hydrogens is 281 g/mol. The molecule has 18 heavy (non-hydrogen) atoms. The van der Waals surface area contributed by atoms with Gasteiger partial charge >= 0.3 is 7.82 Å². The molecular formula is C10H19ClNO5P. The second-order valence-electron chi connectivity index (χ2n) is 3.23. The lowest BCUT2D eigenvalue weighted by atomic mass is 10.3. The van der Waals surface area contributed by atoms with Crippen molar-refractivity contribution < 1.29 is 22.9 Å². The standard InChI is InChI=1S/C10H19ClNO5P/c1-5-12(6-2)10(13)7-9(11)8-17-18(14,15-3)16-4/h8H,5-7H2,1-4H3. The number of carbonyl (C=O) groups is 1. The Morgan fingerprint density at radius 2 is 1.78 bits per heavy atom. The summed E-state index contributed by atoms with van der Waals surface area (Å²) >= 11 is 5.81. The Balaban J connectivity index is 4.45. The molecule has 0 aromatic rings. The first-order valence-electron chi connectivity index (χ1n) is 5.44. The molecule has 6 nitrogen and oxygen atoms in total. The number of hydrogen-bond donors (Lipinski definition) is 0. The number of carbonyl (C=O) groups excluding carboxylic acids is 1. The van der Waals surface area contributed by atoms with E-state index in [0.717, 1.165) is 6.26 Å². The first kappa shape index (κ1) is 17.4. The van der Waals surface area contributed by atoms with E-state index in [-0.39, 0.29) is 17.4 Å². The van der Waals surface area contributed by atoms with E-state index in [4.69, 9.17) is 16.1 Å². The fourth-order valence-corrected chi connectivity index (χ4v) is 1.96. The molecule has 0 saturated heterocycles. The van der Waals surface area contributed by atoms with Gasteiger partial charge in [-0.3, -0.25) is 13.8 Å². The van der Waals surface area contributed by atoms with Crippen molar-refractivity contribution >= 4 is 25.3 Å². The number of rotatable bonds is 8. The summed E-state index contributed by atoms with van der Waals surface area (Å²) in [6.07, 6.45) is 0.993. The molecule has 0 atom stereocenters. The van der Waals surface area contributed by atoms with Gasteiger partial charge in [-0.1, -0.05) is 11.6 Å². The molecule has 106 valence electrons. The molecule has 0 unspecified atom stereocenters. The molecule has 0 aliphatic heterocycles. The first-order chi connectivity index (χ1) is 8.42. The summed E-state index contributed by atoms with van der Waals surface area (Å²) in [4.78, 5) is 13.3. The van der Waals surface area contributed by atoms with Gasteiger partial charge in [0.25, 0.3) is 0 Å². The second-order valence-corrected chi connectivity index (χ2v) is 5.55. The van der Waals surface area contributed by atoms with E-state index in [1.807, 2.05) is 13.8 Å². The average Bonchev–Trinajstić information content (AvgIpc) is 2.37. The average molecular weight is 300 g/mol. The van der Waals surface area contributed by atoms with Crippen molar-refractivity contribution in [2.45, 2.75) is 20.3 Å². The van der Waals surface area contributed by atoms with Gasteiger partial charge in [-0.05, 0) is 13.8 Å². The van der Waals surface area contributed by atoms with Crippen molar-refractivity contribution in [1.82, 2.24) is 4.90 Å². The summed E-state index contributed by atoms with van der Waals surface area (Å²) in [7, 11) is -1.23. The highest BCUT2D eigenvalue weighted by molar-refractivity contribution is 7.48. The van der Waals surface area contributed by atoms with Crippen molar-refractivity contribution in [2.75, 3.05) is 27.3 Å². The van der Waals surface area contributed by atoms with Gasteiger partial charge in [-0.2, -0.15) is 0 Å². The van der Waals surface area contributed by atoms with Crippen LogP contribution < -0.4 is 0 Å². The quantitative estimate of drug-likeness (QED) is 0.509. The third-order valence-corrected chi connectivity index (χ3v) is 3.67. The summed E-state index contributed by atoms with van der Waals surface area (Å²) in [5.74, 6) is -0.130. The molecule has 0 aromatic heterocycles. The van der Waals surface area contributed by atoms with E-state index in [1.54, 1.807) is 4.90 Å². The van der Waals surface area contributed by atoms with Crippen LogP contribution in [-0.4, -0.2) is 38.1 Å². The second kappa shape index (κ2) is 8.53. The van der Waals surface area contributed by atoms with Crippen molar-refractivity contribution in [3.8, 4) is 0 Å². The van der Waals surface area contributed by atoms with Crippen LogP contribution in [0.3, 0.4) is 0 Å². The molecule has 0 spiro atoms. The molecule has 0 saturated carbocycles. The van der Waals surface area contributed by atoms with Gasteiger partial charge in [0.1, 0.15) is 6.26 Å². The van der Waals surface area contributed by atoms with Crippen molar-refractivity contribution in [3.63, 3.8) is 0 Å². The molecule has 0 bridgehead atoms. The zero-order valence-electron chi connectivity index (χ0n) is 11.0. The maximum atomic E-state index is 11.7. The van der Waals surface area contributed by atoms with E-state index in [1.165, 1.54) is 14.2 Å². The Morgan fingerprint density at radius 1 is 1.28 bits per heavy atom. The molecule has 8 heteroatoms. The molecule has 0 N–H and O–H groups in total. The highest BCUT2D eigenvalue weighted by Gasteiger charge is 2.23. The van der Waals surface area contributed by atoms with Gasteiger partial charge in [0, 0.05) is 27.3 Å². The van der Waals surface area contributed by atoms with Crippen LogP contribution in [0.1, 0.15) is 20.3 Å². The first-order valence-corrected chi connectivity index (χ1v) is 7.28. The minimum Gasteiger partial charge on any atom is -0.411 e. The molecule has 0 rings (SSSR count). The minimum atomic E-state index is -3.60. The van der Waals surface area contributed by atoms with Crippen LogP contribution in [-0.2, 0) is 22.9 Å². The van der Waals surface area contributed by atoms with Crippen LogP contribution in [0, 0.1) is 0 Å². The fourth-order valence-electron chi connectivity index (χ4n) is 1.16. The lowest BCUT2D eigenvalue weighted by molar-refractivity contribution is -0.129. The van der Waals surface area contributed by atoms with Gasteiger partial charge in [0.2, 0.25) is 5.91 Å². The molecule has 0 aliphatic carbocycles. The van der Waals surface area contributed by atoms with Crippen LogP contribution in [0.25, 0.3) is 0 Å². The van der Waals surface area contributed by atoms with Crippen molar-refractivity contribution in [2.24, 2.45) is 0 Å². The zero-order chi connectivity index (χ0) is 14.2. The Bertz CT molecular complexity index is 335. The zero-order valence-corrected chi connectivity index (χ0v) is 12.7. The van der Waals surface area contributed by atoms with Crippen LogP contribution in [0.4, 0.5) is 0 Å². The molecule has 0 aliphatic rings. The Morgan fingerprint density at radius 3 is 2.17 bits per heavy atom. The van der Waals surface area contributed by atoms with E-state index in [0.29, 0.717) is 13.1 Å². The van der Waals surface area contributed by atoms with Gasteiger partial charge in [0.15, 0.2) is 0 Å². The van der Waals surface area contributed by atoms with Gasteiger partial charge in [-0.15, -0.1) is 0 Å². The van der Waals surface area contributed by atoms with Crippen LogP contribution >= 0.6 is 19.4 Å². The van der Waals surface area contributed by atoms with Crippen LogP contribution in [0.15, 0.2) is 11.3 Å². The molecule has 0 fully saturated rings. The van der Waals surface area contributed by atoms with Crippen LogP contribution in [0.2, 0.25) is 0 Å². The summed E-state index contributed by atoms with van der Waals surface area (Å²) < 4.78 is 25.4. The lowest BCUT2D eigenvalue weighted by Gasteiger charge is -2.18. The Kier molecular flexibility index (Phi) is 8.27. The summed E-state index contributed by atoms with van der Waals surface area (Å²) in [6.45, 7) is 4.96. The van der Waals surface area contributed by atoms with Gasteiger partial charge < -0.3 is 9.42 Å². The van der Waals surface area contributed by atoms with Gasteiger partial charge in [0.05, 0.1) is 11.5 Å². The van der Waals surface area contributed by atoms with Crippen LogP contribution in [0.5, 0.6) is 0 Å². The van der Waals surface area contributed by atoms with Crippen molar-refractivity contribution in [1.29, 1.82) is 0 Å². The van der Waals surface area contributed by atoms with E-state index in [2.05, 4.69) is 9.05 Å². The highest BCUT2D eigenvalue weighted by Crippen LogP contribution is 2.48. The largest absolute Gasteiger partial charge is 0.528 e. The predicted octanol–water partition coefficient (Wildman–Crippen LogP) is 2.74. The smallest absolute Gasteiger partial charge is 0.411 e. The number of halogens is 1. The predicted molar refractivity (Wildman–Crippen MR) is 69.2 cm³/mol.